The molecule has 2 N–H and O–H groups in total. The van der Waals surface area contributed by atoms with E-state index in [1.165, 1.54) is 6.07 Å². The van der Waals surface area contributed by atoms with E-state index in [0.29, 0.717) is 6.54 Å². The maximum absolute atomic E-state index is 13.2. The number of hydrogen-bond donors (Lipinski definition) is 1. The van der Waals surface area contributed by atoms with E-state index in [-0.39, 0.29) is 16.9 Å². The molecule has 1 aromatic rings. The minimum absolute atomic E-state index is 0.122. The second kappa shape index (κ2) is 6.66. The van der Waals surface area contributed by atoms with Crippen LogP contribution in [-0.4, -0.2) is 49.1 Å². The van der Waals surface area contributed by atoms with Crippen LogP contribution in [0.5, 0.6) is 0 Å². The Bertz CT molecular complexity index is 419. The van der Waals surface area contributed by atoms with E-state index in [4.69, 9.17) is 17.3 Å². The van der Waals surface area contributed by atoms with Crippen molar-refractivity contribution in [1.82, 2.24) is 9.80 Å². The van der Waals surface area contributed by atoms with Gasteiger partial charge in [-0.15, -0.1) is 0 Å². The Balaban J connectivity index is 2.09. The highest BCUT2D eigenvalue weighted by atomic mass is 35.5. The minimum Gasteiger partial charge on any atom is -0.329 e. The Labute approximate surface area is 119 Å². The molecule has 0 amide bonds. The summed E-state index contributed by atoms with van der Waals surface area (Å²) in [5.41, 5.74) is 6.90. The molecule has 3 nitrogen and oxygen atoms in total. The monoisotopic (exact) mass is 285 g/mol. The highest BCUT2D eigenvalue weighted by Gasteiger charge is 2.23. The van der Waals surface area contributed by atoms with Gasteiger partial charge in [0.25, 0.3) is 0 Å². The van der Waals surface area contributed by atoms with Gasteiger partial charge in [-0.2, -0.15) is 0 Å². The zero-order chi connectivity index (χ0) is 13.8. The maximum atomic E-state index is 13.2. The van der Waals surface area contributed by atoms with Crippen molar-refractivity contribution in [1.29, 1.82) is 0 Å². The molecule has 5 heteroatoms. The summed E-state index contributed by atoms with van der Waals surface area (Å²) >= 11 is 5.86. The third kappa shape index (κ3) is 3.45. The van der Waals surface area contributed by atoms with Gasteiger partial charge < -0.3 is 10.6 Å². The summed E-state index contributed by atoms with van der Waals surface area (Å²) in [5.74, 6) is -0.378. The highest BCUT2D eigenvalue weighted by molar-refractivity contribution is 6.30. The van der Waals surface area contributed by atoms with Crippen molar-refractivity contribution < 1.29 is 4.39 Å². The molecule has 1 aromatic carbocycles. The Morgan fingerprint density at radius 2 is 2.00 bits per heavy atom. The lowest BCUT2D eigenvalue weighted by molar-refractivity contribution is 0.102. The van der Waals surface area contributed by atoms with Gasteiger partial charge >= 0.3 is 0 Å². The molecular formula is C14H21ClFN3. The Morgan fingerprint density at radius 3 is 2.53 bits per heavy atom. The molecule has 0 radical (unpaired) electrons. The molecule has 0 aromatic heterocycles. The molecule has 19 heavy (non-hydrogen) atoms. The molecule has 1 saturated heterocycles. The van der Waals surface area contributed by atoms with Crippen molar-refractivity contribution in [2.24, 2.45) is 5.73 Å². The topological polar surface area (TPSA) is 32.5 Å². The fourth-order valence-electron chi connectivity index (χ4n) is 2.61. The normalized spacial score (nSPS) is 19.6. The summed E-state index contributed by atoms with van der Waals surface area (Å²) in [6.07, 6.45) is 0. The molecule has 1 atom stereocenters. The van der Waals surface area contributed by atoms with Gasteiger partial charge in [-0.05, 0) is 24.2 Å². The van der Waals surface area contributed by atoms with Crippen molar-refractivity contribution in [2.75, 3.05) is 39.3 Å². The summed E-state index contributed by atoms with van der Waals surface area (Å²) in [5, 5.41) is 0.170. The van der Waals surface area contributed by atoms with Gasteiger partial charge in [0.15, 0.2) is 0 Å². The zero-order valence-corrected chi connectivity index (χ0v) is 12.0. The van der Waals surface area contributed by atoms with Crippen molar-refractivity contribution in [3.63, 3.8) is 0 Å². The first-order valence-electron chi connectivity index (χ1n) is 6.77. The van der Waals surface area contributed by atoms with Crippen LogP contribution in [0.15, 0.2) is 18.2 Å². The summed E-state index contributed by atoms with van der Waals surface area (Å²) < 4.78 is 13.2. The number of nitrogens with two attached hydrogens (primary N) is 1. The van der Waals surface area contributed by atoms with Gasteiger partial charge in [0.05, 0.1) is 5.02 Å². The minimum atomic E-state index is -0.378. The SMILES string of the molecule is CCN1CCN(C(CN)c2ccc(F)c(Cl)c2)CC1. The first kappa shape index (κ1) is 14.7. The second-order valence-corrected chi connectivity index (χ2v) is 5.30. The average Bonchev–Trinajstić information content (AvgIpc) is 2.44. The van der Waals surface area contributed by atoms with Crippen LogP contribution in [0.25, 0.3) is 0 Å². The summed E-state index contributed by atoms with van der Waals surface area (Å²) in [7, 11) is 0. The van der Waals surface area contributed by atoms with Gasteiger partial charge in [-0.25, -0.2) is 4.39 Å². The smallest absolute Gasteiger partial charge is 0.141 e. The van der Waals surface area contributed by atoms with Crippen LogP contribution >= 0.6 is 11.6 Å². The molecule has 0 spiro atoms. The number of benzene rings is 1. The lowest BCUT2D eigenvalue weighted by atomic mass is 10.0. The number of piperazine rings is 1. The van der Waals surface area contributed by atoms with Gasteiger partial charge in [0.1, 0.15) is 5.82 Å². The first-order chi connectivity index (χ1) is 9.15. The average molecular weight is 286 g/mol. The highest BCUT2D eigenvalue weighted by Crippen LogP contribution is 2.25. The van der Waals surface area contributed by atoms with Crippen molar-refractivity contribution in [3.05, 3.63) is 34.6 Å². The number of nitrogens with zero attached hydrogens (tertiary/aromatic N) is 2. The van der Waals surface area contributed by atoms with Crippen LogP contribution in [0, 0.1) is 5.82 Å². The van der Waals surface area contributed by atoms with Crippen LogP contribution in [0.2, 0.25) is 5.02 Å². The van der Waals surface area contributed by atoms with Crippen molar-refractivity contribution >= 4 is 11.6 Å². The number of halogens is 2. The van der Waals surface area contributed by atoms with E-state index in [0.717, 1.165) is 38.3 Å². The quantitative estimate of drug-likeness (QED) is 0.920. The van der Waals surface area contributed by atoms with Gasteiger partial charge in [0.2, 0.25) is 0 Å². The molecule has 0 saturated carbocycles. The third-order valence-corrected chi connectivity index (χ3v) is 4.14. The van der Waals surface area contributed by atoms with Crippen molar-refractivity contribution in [2.45, 2.75) is 13.0 Å². The summed E-state index contributed by atoms with van der Waals surface area (Å²) in [6, 6.07) is 5.02. The fraction of sp³-hybridized carbons (Fsp3) is 0.571. The molecule has 1 heterocycles. The Kier molecular flexibility index (Phi) is 5.16. The molecule has 1 aliphatic rings. The van der Waals surface area contributed by atoms with E-state index >= 15 is 0 Å². The summed E-state index contributed by atoms with van der Waals surface area (Å²) in [4.78, 5) is 4.78. The van der Waals surface area contributed by atoms with E-state index in [1.807, 2.05) is 0 Å². The van der Waals surface area contributed by atoms with E-state index in [1.54, 1.807) is 12.1 Å². The van der Waals surface area contributed by atoms with Crippen LogP contribution in [-0.2, 0) is 0 Å². The number of rotatable bonds is 4. The molecule has 1 fully saturated rings. The second-order valence-electron chi connectivity index (χ2n) is 4.90. The van der Waals surface area contributed by atoms with E-state index in [2.05, 4.69) is 16.7 Å². The lowest BCUT2D eigenvalue weighted by Crippen LogP contribution is -2.48. The predicted molar refractivity (Wildman–Crippen MR) is 76.9 cm³/mol. The van der Waals surface area contributed by atoms with Crippen LogP contribution < -0.4 is 5.73 Å². The summed E-state index contributed by atoms with van der Waals surface area (Å²) in [6.45, 7) is 7.88. The van der Waals surface area contributed by atoms with Crippen LogP contribution in [0.3, 0.4) is 0 Å². The molecular weight excluding hydrogens is 265 g/mol. The number of hydrogen-bond acceptors (Lipinski definition) is 3. The van der Waals surface area contributed by atoms with Crippen LogP contribution in [0.1, 0.15) is 18.5 Å². The molecule has 0 aliphatic carbocycles. The predicted octanol–water partition coefficient (Wildman–Crippen LogP) is 2.12. The lowest BCUT2D eigenvalue weighted by Gasteiger charge is -2.38. The Morgan fingerprint density at radius 1 is 1.32 bits per heavy atom. The molecule has 1 aliphatic heterocycles. The maximum Gasteiger partial charge on any atom is 0.141 e. The largest absolute Gasteiger partial charge is 0.329 e. The van der Waals surface area contributed by atoms with Crippen LogP contribution in [0.4, 0.5) is 4.39 Å². The standard InChI is InChI=1S/C14H21ClFN3/c1-2-18-5-7-19(8-6-18)14(10-17)11-3-4-13(16)12(15)9-11/h3-4,9,14H,2,5-8,10,17H2,1H3. The van der Waals surface area contributed by atoms with Gasteiger partial charge in [0, 0.05) is 38.8 Å². The molecule has 1 unspecified atom stereocenters. The van der Waals surface area contributed by atoms with Crippen molar-refractivity contribution in [3.8, 4) is 0 Å². The Hall–Kier alpha value is -0.680. The molecule has 106 valence electrons. The number of likely N-dealkylation sites (N-methyl/N-ethyl adjacent to an activating group) is 1. The molecule has 2 rings (SSSR count). The zero-order valence-electron chi connectivity index (χ0n) is 11.3. The van der Waals surface area contributed by atoms with E-state index < -0.39 is 0 Å². The van der Waals surface area contributed by atoms with Gasteiger partial charge in [-0.3, -0.25) is 4.90 Å². The molecule has 0 bridgehead atoms. The first-order valence-corrected chi connectivity index (χ1v) is 7.15. The van der Waals surface area contributed by atoms with E-state index in [9.17, 15) is 4.39 Å². The third-order valence-electron chi connectivity index (χ3n) is 3.85. The van der Waals surface area contributed by atoms with Gasteiger partial charge in [-0.1, -0.05) is 24.6 Å². The fourth-order valence-corrected chi connectivity index (χ4v) is 2.80.